The Morgan fingerprint density at radius 1 is 0.889 bits per heavy atom. The highest BCUT2D eigenvalue weighted by molar-refractivity contribution is 7.86. The van der Waals surface area contributed by atoms with Crippen molar-refractivity contribution in [2.45, 2.75) is 218 Å². The van der Waals surface area contributed by atoms with Crippen LogP contribution in [0, 0.1) is 48.3 Å². The van der Waals surface area contributed by atoms with Crippen LogP contribution in [0.5, 0.6) is 0 Å². The van der Waals surface area contributed by atoms with E-state index in [1.54, 1.807) is 38.1 Å². The van der Waals surface area contributed by atoms with Crippen LogP contribution in [0.4, 0.5) is 0 Å². The van der Waals surface area contributed by atoms with Gasteiger partial charge in [-0.2, -0.15) is 8.42 Å². The maximum absolute atomic E-state index is 14.7. The molecule has 0 unspecified atom stereocenters. The minimum atomic E-state index is -4.29. The fraction of sp³-hybridized carbons (Fsp3) is 0.800. The van der Waals surface area contributed by atoms with Crippen LogP contribution in [0.25, 0.3) is 0 Å². The Morgan fingerprint density at radius 3 is 2.16 bits per heavy atom. The number of hydrogen-bond donors (Lipinski definition) is 2. The maximum atomic E-state index is 14.7. The van der Waals surface area contributed by atoms with Gasteiger partial charge in [0.1, 0.15) is 17.7 Å². The van der Waals surface area contributed by atoms with Crippen LogP contribution in [0.1, 0.15) is 146 Å². The van der Waals surface area contributed by atoms with Crippen LogP contribution in [0.15, 0.2) is 41.3 Å². The summed E-state index contributed by atoms with van der Waals surface area (Å²) in [6, 6.07) is 6.48. The predicted molar refractivity (Wildman–Crippen MR) is 239 cm³/mol. The van der Waals surface area contributed by atoms with Crippen molar-refractivity contribution in [1.29, 1.82) is 0 Å². The van der Waals surface area contributed by atoms with E-state index in [0.29, 0.717) is 44.9 Å². The van der Waals surface area contributed by atoms with Crippen molar-refractivity contribution in [1.82, 2.24) is 0 Å². The number of carbonyl (C=O) groups is 2. The predicted octanol–water partition coefficient (Wildman–Crippen LogP) is 8.41. The smallest absolute Gasteiger partial charge is 0.297 e. The summed E-state index contributed by atoms with van der Waals surface area (Å²) in [4.78, 5) is 27.2. The maximum Gasteiger partial charge on any atom is 0.297 e. The second-order valence-electron chi connectivity index (χ2n) is 20.5. The molecule has 4 fully saturated rings. The minimum absolute atomic E-state index is 0.0117. The van der Waals surface area contributed by atoms with Crippen molar-refractivity contribution in [2.75, 3.05) is 0 Å². The molecule has 5 aliphatic rings. The first-order valence-corrected chi connectivity index (χ1v) is 25.4. The molecule has 5 heterocycles. The molecule has 2 spiro atoms. The van der Waals surface area contributed by atoms with Crippen LogP contribution < -0.4 is 0 Å². The summed E-state index contributed by atoms with van der Waals surface area (Å²) in [6.45, 7) is 23.2. The summed E-state index contributed by atoms with van der Waals surface area (Å²) < 4.78 is 68.5. The third kappa shape index (κ3) is 9.84. The molecule has 13 heteroatoms. The quantitative estimate of drug-likeness (QED) is 0.128. The molecule has 5 aliphatic heterocycles. The molecule has 356 valence electrons. The zero-order chi connectivity index (χ0) is 46.4. The van der Waals surface area contributed by atoms with Crippen molar-refractivity contribution in [3.8, 4) is 0 Å². The van der Waals surface area contributed by atoms with Crippen molar-refractivity contribution < 1.29 is 56.1 Å². The number of aryl methyl sites for hydroxylation is 1. The Kier molecular flexibility index (Phi) is 15.4. The molecular weight excluding hydrogens is 825 g/mol. The van der Waals surface area contributed by atoms with E-state index in [0.717, 1.165) is 18.4 Å². The molecule has 18 atom stereocenters. The Morgan fingerprint density at radius 2 is 1.56 bits per heavy atom. The summed E-state index contributed by atoms with van der Waals surface area (Å²) >= 11 is 0. The Balaban J connectivity index is 1.27. The van der Waals surface area contributed by atoms with E-state index in [1.807, 2.05) is 55.4 Å². The van der Waals surface area contributed by atoms with Crippen LogP contribution in [0.3, 0.4) is 0 Å². The number of benzene rings is 1. The highest BCUT2D eigenvalue weighted by Crippen LogP contribution is 2.55. The number of aliphatic hydroxyl groups excluding tert-OH is 1. The van der Waals surface area contributed by atoms with Gasteiger partial charge in [0, 0.05) is 36.0 Å². The Hall–Kier alpha value is -2.07. The van der Waals surface area contributed by atoms with Crippen molar-refractivity contribution in [2.24, 2.45) is 41.4 Å². The summed E-state index contributed by atoms with van der Waals surface area (Å²) in [7, 11) is -4.29. The molecule has 2 N–H and O–H groups in total. The third-order valence-corrected chi connectivity index (χ3v) is 17.5. The molecule has 1 aromatic rings. The van der Waals surface area contributed by atoms with E-state index in [4.69, 9.17) is 27.9 Å². The molecule has 1 aromatic carbocycles. The lowest BCUT2D eigenvalue weighted by atomic mass is 9.72. The highest BCUT2D eigenvalue weighted by atomic mass is 32.2. The molecule has 0 aromatic heterocycles. The van der Waals surface area contributed by atoms with E-state index < -0.39 is 75.3 Å². The standard InChI is InChI=1S/C50H78O12S/c1-13-38(35(10)51)40-21-18-30(5)45(58-40)34(9)43(52)33(8)44(53)39(14-2)46-31(6)28-32(7)49(59-46)25-23-42(60-63(55,56)37-19-16-29(4)17-20-37)50(62-49)27-26-47(12,61-50)41-22-24-48(54,15-3)36(11)57-41/h16-17,19-20,23,25,30-34,36,38-43,45-46,52,54H,13-15,18,21-22,24,26-28H2,1-12H3/t30-,31-,32+,33-,34-,36-,38-,39-,40+,41+,42+,43+,45+,46-,47-,48+,49-,50-/m0/s1. The van der Waals surface area contributed by atoms with Gasteiger partial charge in [0.2, 0.25) is 5.79 Å². The molecule has 12 nitrogen and oxygen atoms in total. The lowest BCUT2D eigenvalue weighted by molar-refractivity contribution is -0.406. The largest absolute Gasteiger partial charge is 0.392 e. The van der Waals surface area contributed by atoms with Gasteiger partial charge in [-0.15, -0.1) is 0 Å². The molecule has 0 amide bonds. The zero-order valence-electron chi connectivity index (χ0n) is 40.0. The van der Waals surface area contributed by atoms with Gasteiger partial charge in [-0.25, -0.2) is 0 Å². The molecule has 0 radical (unpaired) electrons. The first-order valence-electron chi connectivity index (χ1n) is 24.0. The fourth-order valence-corrected chi connectivity index (χ4v) is 12.8. The first-order chi connectivity index (χ1) is 29.5. The average Bonchev–Trinajstić information content (AvgIpc) is 3.58. The normalized spacial score (nSPS) is 41.0. The number of ether oxygens (including phenoxy) is 5. The monoisotopic (exact) mass is 903 g/mol. The molecule has 4 saturated heterocycles. The van der Waals surface area contributed by atoms with Crippen LogP contribution in [-0.2, 0) is 47.6 Å². The minimum Gasteiger partial charge on any atom is -0.392 e. The number of ketones is 2. The summed E-state index contributed by atoms with van der Waals surface area (Å²) in [6.07, 6.45) is 5.05. The van der Waals surface area contributed by atoms with Gasteiger partial charge in [-0.3, -0.25) is 13.8 Å². The van der Waals surface area contributed by atoms with Gasteiger partial charge >= 0.3 is 0 Å². The second-order valence-corrected chi connectivity index (χ2v) is 22.1. The van der Waals surface area contributed by atoms with E-state index in [-0.39, 0.29) is 64.7 Å². The van der Waals surface area contributed by atoms with E-state index in [1.165, 1.54) is 12.1 Å². The van der Waals surface area contributed by atoms with E-state index in [9.17, 15) is 28.2 Å². The number of hydrogen-bond acceptors (Lipinski definition) is 12. The number of rotatable bonds is 15. The Bertz CT molecular complexity index is 1900. The highest BCUT2D eigenvalue weighted by Gasteiger charge is 2.64. The number of carbonyl (C=O) groups excluding carboxylic acids is 2. The van der Waals surface area contributed by atoms with Gasteiger partial charge in [0.15, 0.2) is 5.79 Å². The van der Waals surface area contributed by atoms with Crippen LogP contribution in [-0.4, -0.2) is 95.7 Å². The molecule has 0 aliphatic carbocycles. The SMILES string of the molecule is CC[C@@H](C(=O)[C@@H](C)[C@@H](O)[C@H](C)[C@@H]1O[C@@H]([C@@H](CC)C(C)=O)CC[C@@H]1C)[C@H]1O[C@]2(C=C[C@@H](OS(=O)(=O)c3ccc(C)cc3)[C@]3(CC[C@@](C)([C@H]4CC[C@](O)(CC)[C@H](C)O4)O3)O2)[C@H](C)C[C@@H]1C. The molecule has 0 bridgehead atoms. The van der Waals surface area contributed by atoms with Gasteiger partial charge in [-0.05, 0) is 122 Å². The topological polar surface area (TPSA) is 164 Å². The van der Waals surface area contributed by atoms with E-state index >= 15 is 0 Å². The zero-order valence-corrected chi connectivity index (χ0v) is 40.8. The lowest BCUT2D eigenvalue weighted by Crippen LogP contribution is -2.63. The fourth-order valence-electron chi connectivity index (χ4n) is 11.7. The molecule has 63 heavy (non-hydrogen) atoms. The first kappa shape index (κ1) is 50.3. The van der Waals surface area contributed by atoms with Crippen molar-refractivity contribution >= 4 is 21.7 Å². The lowest BCUT2D eigenvalue weighted by Gasteiger charge is -2.54. The van der Waals surface area contributed by atoms with Gasteiger partial charge in [-0.1, -0.05) is 73.1 Å². The van der Waals surface area contributed by atoms with E-state index in [2.05, 4.69) is 13.8 Å². The van der Waals surface area contributed by atoms with Gasteiger partial charge in [0.25, 0.3) is 10.1 Å². The summed E-state index contributed by atoms with van der Waals surface area (Å²) in [5, 5.41) is 23.2. The number of Topliss-reactive ketones (excluding diaryl/α,β-unsaturated/α-hetero) is 2. The van der Waals surface area contributed by atoms with Gasteiger partial charge < -0.3 is 33.9 Å². The average molecular weight is 903 g/mol. The third-order valence-electron chi connectivity index (χ3n) is 16.2. The second kappa shape index (κ2) is 19.3. The van der Waals surface area contributed by atoms with Gasteiger partial charge in [0.05, 0.1) is 52.7 Å². The van der Waals surface area contributed by atoms with Crippen molar-refractivity contribution in [3.05, 3.63) is 42.0 Å². The molecular formula is C50H78O12S. The molecule has 6 rings (SSSR count). The summed E-state index contributed by atoms with van der Waals surface area (Å²) in [5.74, 6) is -5.05. The van der Waals surface area contributed by atoms with Crippen LogP contribution in [0.2, 0.25) is 0 Å². The Labute approximate surface area is 377 Å². The van der Waals surface area contributed by atoms with Crippen molar-refractivity contribution in [3.63, 3.8) is 0 Å². The molecule has 0 saturated carbocycles. The van der Waals surface area contributed by atoms with Crippen LogP contribution >= 0.6 is 0 Å². The summed E-state index contributed by atoms with van der Waals surface area (Å²) in [5.41, 5.74) is -0.977. The number of aliphatic hydroxyl groups is 2.